The lowest BCUT2D eigenvalue weighted by atomic mass is 10.0. The number of rotatable bonds is 5. The van der Waals surface area contributed by atoms with Crippen LogP contribution in [0.2, 0.25) is 0 Å². The number of hydrogen-bond acceptors (Lipinski definition) is 3. The molecular weight excluding hydrogens is 271 g/mol. The van der Waals surface area contributed by atoms with Crippen LogP contribution in [0.3, 0.4) is 0 Å². The Morgan fingerprint density at radius 2 is 1.57 bits per heavy atom. The topological polar surface area (TPSA) is 43.4 Å². The monoisotopic (exact) mass is 286 g/mol. The van der Waals surface area contributed by atoms with E-state index in [-0.39, 0.29) is 23.5 Å². The Morgan fingerprint density at radius 1 is 1.00 bits per heavy atom. The highest BCUT2D eigenvalue weighted by atomic mass is 19.1. The van der Waals surface area contributed by atoms with Crippen molar-refractivity contribution in [2.75, 3.05) is 7.11 Å². The number of benzene rings is 2. The maximum absolute atomic E-state index is 13.6. The lowest BCUT2D eigenvalue weighted by molar-refractivity contribution is 0.0894. The Labute approximate surface area is 122 Å². The number of halogens is 1. The first-order valence-corrected chi connectivity index (χ1v) is 6.48. The molecule has 108 valence electrons. The second-order valence-corrected chi connectivity index (χ2v) is 4.74. The third-order valence-corrected chi connectivity index (χ3v) is 3.17. The number of ether oxygens (including phenoxy) is 1. The Balaban J connectivity index is 2.12. The molecule has 4 heteroatoms. The molecule has 0 aromatic heterocycles. The van der Waals surface area contributed by atoms with Gasteiger partial charge in [0.2, 0.25) is 0 Å². The Bertz CT molecular complexity index is 675. The largest absolute Gasteiger partial charge is 0.494 e. The molecule has 2 aromatic carbocycles. The smallest absolute Gasteiger partial charge is 0.170 e. The summed E-state index contributed by atoms with van der Waals surface area (Å²) in [6.45, 7) is 1.92. The van der Waals surface area contributed by atoms with Crippen LogP contribution < -0.4 is 4.74 Å². The van der Waals surface area contributed by atoms with Gasteiger partial charge in [0.25, 0.3) is 0 Å². The molecule has 0 spiro atoms. The number of hydrogen-bond donors (Lipinski definition) is 0. The van der Waals surface area contributed by atoms with Crippen molar-refractivity contribution in [3.05, 3.63) is 65.0 Å². The molecule has 0 amide bonds. The van der Waals surface area contributed by atoms with E-state index in [9.17, 15) is 14.0 Å². The van der Waals surface area contributed by atoms with Gasteiger partial charge in [-0.1, -0.05) is 29.8 Å². The summed E-state index contributed by atoms with van der Waals surface area (Å²) in [7, 11) is 1.35. The van der Waals surface area contributed by atoms with E-state index in [0.29, 0.717) is 5.56 Å². The minimum atomic E-state index is -0.619. The SMILES string of the molecule is COc1ccc(C(=O)CC(=O)c2ccc(C)cc2)cc1F. The van der Waals surface area contributed by atoms with Crippen molar-refractivity contribution >= 4 is 11.6 Å². The van der Waals surface area contributed by atoms with Crippen LogP contribution >= 0.6 is 0 Å². The molecule has 0 atom stereocenters. The maximum atomic E-state index is 13.6. The molecule has 3 nitrogen and oxygen atoms in total. The van der Waals surface area contributed by atoms with Crippen LogP contribution in [0.1, 0.15) is 32.7 Å². The van der Waals surface area contributed by atoms with E-state index in [1.54, 1.807) is 12.1 Å². The van der Waals surface area contributed by atoms with Gasteiger partial charge in [-0.05, 0) is 25.1 Å². The highest BCUT2D eigenvalue weighted by Gasteiger charge is 2.15. The van der Waals surface area contributed by atoms with Gasteiger partial charge in [-0.15, -0.1) is 0 Å². The summed E-state index contributed by atoms with van der Waals surface area (Å²) < 4.78 is 18.3. The molecule has 0 heterocycles. The standard InChI is InChI=1S/C17H15FO3/c1-11-3-5-12(6-4-11)15(19)10-16(20)13-7-8-17(21-2)14(18)9-13/h3-9H,10H2,1-2H3. The lowest BCUT2D eigenvalue weighted by Crippen LogP contribution is -2.09. The summed E-state index contributed by atoms with van der Waals surface area (Å²) in [5, 5.41) is 0. The zero-order valence-electron chi connectivity index (χ0n) is 11.9. The molecule has 0 aliphatic carbocycles. The molecule has 0 fully saturated rings. The average Bonchev–Trinajstić information content (AvgIpc) is 2.47. The van der Waals surface area contributed by atoms with E-state index in [2.05, 4.69) is 0 Å². The van der Waals surface area contributed by atoms with E-state index in [0.717, 1.165) is 11.6 Å². The number of carbonyl (C=O) groups excluding carboxylic acids is 2. The van der Waals surface area contributed by atoms with Crippen molar-refractivity contribution in [2.45, 2.75) is 13.3 Å². The first kappa shape index (κ1) is 14.9. The van der Waals surface area contributed by atoms with Gasteiger partial charge in [-0.25, -0.2) is 4.39 Å². The molecule has 0 unspecified atom stereocenters. The van der Waals surface area contributed by atoms with Crippen LogP contribution in [-0.2, 0) is 0 Å². The van der Waals surface area contributed by atoms with Gasteiger partial charge >= 0.3 is 0 Å². The van der Waals surface area contributed by atoms with Crippen molar-refractivity contribution in [3.63, 3.8) is 0 Å². The molecule has 0 aliphatic rings. The number of carbonyl (C=O) groups is 2. The third-order valence-electron chi connectivity index (χ3n) is 3.17. The molecule has 0 saturated carbocycles. The number of ketones is 2. The van der Waals surface area contributed by atoms with E-state index in [4.69, 9.17) is 4.74 Å². The van der Waals surface area contributed by atoms with Crippen LogP contribution in [-0.4, -0.2) is 18.7 Å². The van der Waals surface area contributed by atoms with Crippen LogP contribution in [0.25, 0.3) is 0 Å². The van der Waals surface area contributed by atoms with Crippen molar-refractivity contribution in [1.82, 2.24) is 0 Å². The highest BCUT2D eigenvalue weighted by Crippen LogP contribution is 2.19. The zero-order valence-corrected chi connectivity index (χ0v) is 11.9. The summed E-state index contributed by atoms with van der Waals surface area (Å²) in [5.41, 5.74) is 1.67. The van der Waals surface area contributed by atoms with E-state index >= 15 is 0 Å². The van der Waals surface area contributed by atoms with E-state index < -0.39 is 11.6 Å². The third kappa shape index (κ3) is 3.54. The highest BCUT2D eigenvalue weighted by molar-refractivity contribution is 6.13. The second kappa shape index (κ2) is 6.31. The molecule has 21 heavy (non-hydrogen) atoms. The predicted octanol–water partition coefficient (Wildman–Crippen LogP) is 3.60. The number of aryl methyl sites for hydroxylation is 1. The average molecular weight is 286 g/mol. The normalized spacial score (nSPS) is 10.2. The molecular formula is C17H15FO3. The molecule has 0 radical (unpaired) electrons. The first-order valence-electron chi connectivity index (χ1n) is 6.48. The van der Waals surface area contributed by atoms with Crippen molar-refractivity contribution < 1.29 is 18.7 Å². The fraction of sp³-hybridized carbons (Fsp3) is 0.176. The predicted molar refractivity (Wildman–Crippen MR) is 77.4 cm³/mol. The minimum absolute atomic E-state index is 0.0661. The van der Waals surface area contributed by atoms with E-state index in [1.165, 1.54) is 19.2 Å². The van der Waals surface area contributed by atoms with E-state index in [1.807, 2.05) is 19.1 Å². The lowest BCUT2D eigenvalue weighted by Gasteiger charge is -2.05. The van der Waals surface area contributed by atoms with Gasteiger partial charge in [-0.3, -0.25) is 9.59 Å². The van der Waals surface area contributed by atoms with Crippen molar-refractivity contribution in [1.29, 1.82) is 0 Å². The van der Waals surface area contributed by atoms with Gasteiger partial charge in [0.15, 0.2) is 23.1 Å². The van der Waals surface area contributed by atoms with Crippen LogP contribution in [0, 0.1) is 12.7 Å². The van der Waals surface area contributed by atoms with Crippen LogP contribution in [0.15, 0.2) is 42.5 Å². The van der Waals surface area contributed by atoms with Gasteiger partial charge < -0.3 is 4.74 Å². The molecule has 2 aromatic rings. The molecule has 0 aliphatic heterocycles. The fourth-order valence-electron chi connectivity index (χ4n) is 1.93. The summed E-state index contributed by atoms with van der Waals surface area (Å²) in [5.74, 6) is -1.25. The van der Waals surface area contributed by atoms with Gasteiger partial charge in [0.05, 0.1) is 13.5 Å². The zero-order chi connectivity index (χ0) is 15.4. The number of Topliss-reactive ketones (excluding diaryl/α,β-unsaturated/α-hetero) is 2. The quantitative estimate of drug-likeness (QED) is 0.623. The van der Waals surface area contributed by atoms with Gasteiger partial charge in [0.1, 0.15) is 0 Å². The Hall–Kier alpha value is -2.49. The summed E-state index contributed by atoms with van der Waals surface area (Å²) in [4.78, 5) is 24.0. The van der Waals surface area contributed by atoms with Gasteiger partial charge in [-0.2, -0.15) is 0 Å². The van der Waals surface area contributed by atoms with Crippen LogP contribution in [0.5, 0.6) is 5.75 Å². The first-order chi connectivity index (χ1) is 10.0. The Kier molecular flexibility index (Phi) is 4.48. The summed E-state index contributed by atoms with van der Waals surface area (Å²) in [6, 6.07) is 10.9. The molecule has 2 rings (SSSR count). The van der Waals surface area contributed by atoms with Crippen LogP contribution in [0.4, 0.5) is 4.39 Å². The summed E-state index contributed by atoms with van der Waals surface area (Å²) in [6.07, 6.45) is -0.283. The maximum Gasteiger partial charge on any atom is 0.170 e. The fourth-order valence-corrected chi connectivity index (χ4v) is 1.93. The number of methoxy groups -OCH3 is 1. The molecule has 0 N–H and O–H groups in total. The molecule has 0 saturated heterocycles. The summed E-state index contributed by atoms with van der Waals surface area (Å²) >= 11 is 0. The Morgan fingerprint density at radius 3 is 2.14 bits per heavy atom. The minimum Gasteiger partial charge on any atom is -0.494 e. The second-order valence-electron chi connectivity index (χ2n) is 4.74. The molecule has 0 bridgehead atoms. The van der Waals surface area contributed by atoms with Gasteiger partial charge in [0, 0.05) is 11.1 Å². The van der Waals surface area contributed by atoms with Crippen molar-refractivity contribution in [2.24, 2.45) is 0 Å². The van der Waals surface area contributed by atoms with Crippen molar-refractivity contribution in [3.8, 4) is 5.75 Å².